The third-order valence-electron chi connectivity index (χ3n) is 0.749. The molecule has 2 atom stereocenters. The van der Waals surface area contributed by atoms with Gasteiger partial charge >= 0.3 is 16.5 Å². The van der Waals surface area contributed by atoms with Crippen molar-refractivity contribution in [3.63, 3.8) is 0 Å². The van der Waals surface area contributed by atoms with Crippen LogP contribution < -0.4 is 11.1 Å². The van der Waals surface area contributed by atoms with E-state index in [2.05, 4.69) is 9.63 Å². The quantitative estimate of drug-likeness (QED) is 0.292. The molecular weight excluding hydrogens is 234 g/mol. The Bertz CT molecular complexity index is 152. The van der Waals surface area contributed by atoms with Crippen molar-refractivity contribution in [1.82, 2.24) is 5.32 Å². The zero-order valence-electron chi connectivity index (χ0n) is 7.37. The normalized spacial score (nSPS) is 11.4. The highest BCUT2D eigenvalue weighted by molar-refractivity contribution is 7.46. The highest BCUT2D eigenvalue weighted by Crippen LogP contribution is 2.30. The van der Waals surface area contributed by atoms with Crippen LogP contribution in [0.4, 0.5) is 0 Å². The second-order valence-corrected chi connectivity index (χ2v) is 3.42. The highest BCUT2D eigenvalue weighted by atomic mass is 31.2. The van der Waals surface area contributed by atoms with Gasteiger partial charge in [0, 0.05) is 28.8 Å². The summed E-state index contributed by atoms with van der Waals surface area (Å²) in [6.45, 7) is 2.28. The third kappa shape index (κ3) is 22.7. The zero-order chi connectivity index (χ0) is 11.4. The number of nitrogens with two attached hydrogens (primary N) is 1. The molecule has 14 heavy (non-hydrogen) atoms. The van der Waals surface area contributed by atoms with Crippen LogP contribution in [0.25, 0.3) is 0 Å². The minimum absolute atomic E-state index is 0.194. The van der Waals surface area contributed by atoms with Crippen molar-refractivity contribution < 1.29 is 28.3 Å². The van der Waals surface area contributed by atoms with Crippen LogP contribution >= 0.6 is 16.5 Å². The Kier molecular flexibility index (Phi) is 15.2. The van der Waals surface area contributed by atoms with E-state index < -0.39 is 16.5 Å². The van der Waals surface area contributed by atoms with Gasteiger partial charge in [0.15, 0.2) is 4.31 Å². The Morgan fingerprint density at radius 3 is 1.93 bits per heavy atom. The summed E-state index contributed by atoms with van der Waals surface area (Å²) in [4.78, 5) is 15.3. The molecule has 0 radical (unpaired) electrons. The summed E-state index contributed by atoms with van der Waals surface area (Å²) in [5.74, 6) is 0. The molecule has 0 aromatic heterocycles. The molecule has 0 aromatic rings. The second-order valence-electron chi connectivity index (χ2n) is 1.82. The maximum Gasteiger partial charge on any atom is 0.745 e. The average molecular weight is 248 g/mol. The van der Waals surface area contributed by atoms with Crippen LogP contribution in [0.1, 0.15) is 0 Å². The van der Waals surface area contributed by atoms with E-state index in [-0.39, 0.29) is 6.61 Å². The first-order chi connectivity index (χ1) is 6.54. The van der Waals surface area contributed by atoms with Gasteiger partial charge in [0.05, 0.1) is 6.61 Å². The lowest BCUT2D eigenvalue weighted by Gasteiger charge is -1.95. The summed E-state index contributed by atoms with van der Waals surface area (Å²) in [6, 6.07) is 0. The molecule has 0 fully saturated rings. The maximum atomic E-state index is 9.39. The predicted octanol–water partition coefficient (Wildman–Crippen LogP) is -1.17. The van der Waals surface area contributed by atoms with E-state index in [9.17, 15) is 9.13 Å². The SMILES string of the molecule is NCCNCCO.O=[P+](O)O[P+](=O)O. The number of aliphatic hydroxyl groups is 1. The van der Waals surface area contributed by atoms with Crippen LogP contribution in [0.3, 0.4) is 0 Å². The standard InChI is InChI=1S/C4H12N2O.O5P2/c5-1-2-6-3-4-7;1-6(2)5-7(3)4/h6-7H,1-5H2;/p+2. The van der Waals surface area contributed by atoms with Gasteiger partial charge in [0.25, 0.3) is 0 Å². The summed E-state index contributed by atoms with van der Waals surface area (Å²) in [6.07, 6.45) is 0. The van der Waals surface area contributed by atoms with Crippen LogP contribution in [-0.2, 0) is 13.4 Å². The summed E-state index contributed by atoms with van der Waals surface area (Å²) >= 11 is 0. The highest BCUT2D eigenvalue weighted by Gasteiger charge is 2.31. The molecule has 10 heteroatoms. The lowest BCUT2D eigenvalue weighted by molar-refractivity contribution is 0.293. The number of nitrogens with one attached hydrogen (secondary N) is 1. The number of hydrogen-bond acceptors (Lipinski definition) is 6. The zero-order valence-corrected chi connectivity index (χ0v) is 9.16. The molecule has 8 nitrogen and oxygen atoms in total. The van der Waals surface area contributed by atoms with E-state index in [0.29, 0.717) is 13.1 Å². The molecule has 0 saturated carbocycles. The van der Waals surface area contributed by atoms with Crippen LogP contribution in [0.5, 0.6) is 0 Å². The molecule has 2 unspecified atom stereocenters. The van der Waals surface area contributed by atoms with E-state index in [0.717, 1.165) is 6.54 Å². The summed E-state index contributed by atoms with van der Waals surface area (Å²) < 4.78 is 22.2. The van der Waals surface area contributed by atoms with E-state index in [1.165, 1.54) is 0 Å². The van der Waals surface area contributed by atoms with E-state index in [1.54, 1.807) is 0 Å². The minimum Gasteiger partial charge on any atom is -0.395 e. The molecule has 0 aliphatic rings. The van der Waals surface area contributed by atoms with Crippen molar-refractivity contribution in [3.8, 4) is 0 Å². The predicted molar refractivity (Wildman–Crippen MR) is 49.7 cm³/mol. The first kappa shape index (κ1) is 16.4. The van der Waals surface area contributed by atoms with Gasteiger partial charge in [-0.3, -0.25) is 0 Å². The minimum atomic E-state index is -2.92. The fourth-order valence-corrected chi connectivity index (χ4v) is 0.844. The van der Waals surface area contributed by atoms with Crippen LogP contribution in [-0.4, -0.2) is 41.1 Å². The number of aliphatic hydroxyl groups excluding tert-OH is 1. The van der Waals surface area contributed by atoms with Crippen LogP contribution in [0.2, 0.25) is 0 Å². The Hall–Kier alpha value is -0.0400. The van der Waals surface area contributed by atoms with E-state index in [1.807, 2.05) is 0 Å². The smallest absolute Gasteiger partial charge is 0.395 e. The largest absolute Gasteiger partial charge is 0.745 e. The molecule has 0 amide bonds. The van der Waals surface area contributed by atoms with Gasteiger partial charge in [0.2, 0.25) is 0 Å². The van der Waals surface area contributed by atoms with Gasteiger partial charge in [-0.25, -0.2) is 0 Å². The molecule has 0 aromatic carbocycles. The Morgan fingerprint density at radius 2 is 1.71 bits per heavy atom. The molecule has 0 aliphatic carbocycles. The molecule has 0 rings (SSSR count). The number of hydrogen-bond donors (Lipinski definition) is 5. The molecular formula is C4H14N2O6P2+2. The van der Waals surface area contributed by atoms with Gasteiger partial charge in [-0.2, -0.15) is 0 Å². The first-order valence-electron chi connectivity index (χ1n) is 3.56. The summed E-state index contributed by atoms with van der Waals surface area (Å²) in [7, 11) is -5.85. The van der Waals surface area contributed by atoms with Gasteiger partial charge in [-0.15, -0.1) is 9.79 Å². The van der Waals surface area contributed by atoms with Crippen molar-refractivity contribution in [2.75, 3.05) is 26.2 Å². The third-order valence-corrected chi connectivity index (χ3v) is 1.87. The van der Waals surface area contributed by atoms with E-state index >= 15 is 0 Å². The van der Waals surface area contributed by atoms with Crippen molar-refractivity contribution in [2.45, 2.75) is 0 Å². The maximum absolute atomic E-state index is 9.39. The lowest BCUT2D eigenvalue weighted by atomic mass is 10.6. The van der Waals surface area contributed by atoms with Gasteiger partial charge in [-0.05, 0) is 0 Å². The van der Waals surface area contributed by atoms with Crippen molar-refractivity contribution in [2.24, 2.45) is 5.73 Å². The van der Waals surface area contributed by atoms with Crippen LogP contribution in [0, 0.1) is 0 Å². The summed E-state index contributed by atoms with van der Waals surface area (Å²) in [5.41, 5.74) is 5.13. The van der Waals surface area contributed by atoms with Gasteiger partial charge < -0.3 is 16.2 Å². The molecule has 84 valence electrons. The van der Waals surface area contributed by atoms with Crippen molar-refractivity contribution >= 4 is 16.5 Å². The molecule has 0 saturated heterocycles. The first-order valence-corrected chi connectivity index (χ1v) is 5.82. The average Bonchev–Trinajstić information content (AvgIpc) is 2.04. The molecule has 0 bridgehead atoms. The monoisotopic (exact) mass is 248 g/mol. The summed E-state index contributed by atoms with van der Waals surface area (Å²) in [5, 5.41) is 11.1. The van der Waals surface area contributed by atoms with Crippen molar-refractivity contribution in [3.05, 3.63) is 0 Å². The topological polar surface area (TPSA) is 142 Å². The fourth-order valence-electron chi connectivity index (χ4n) is 0.366. The second kappa shape index (κ2) is 13.0. The molecule has 0 heterocycles. The van der Waals surface area contributed by atoms with Gasteiger partial charge in [-0.1, -0.05) is 0 Å². The lowest BCUT2D eigenvalue weighted by Crippen LogP contribution is -2.24. The number of rotatable bonds is 6. The Balaban J connectivity index is 0. The van der Waals surface area contributed by atoms with Crippen molar-refractivity contribution in [1.29, 1.82) is 0 Å². The Labute approximate surface area is 83.0 Å². The fraction of sp³-hybridized carbons (Fsp3) is 1.00. The van der Waals surface area contributed by atoms with Crippen LogP contribution in [0.15, 0.2) is 0 Å². The molecule has 0 spiro atoms. The Morgan fingerprint density at radius 1 is 1.21 bits per heavy atom. The van der Waals surface area contributed by atoms with Gasteiger partial charge in [0.1, 0.15) is 0 Å². The molecule has 6 N–H and O–H groups in total. The molecule has 0 aliphatic heterocycles. The van der Waals surface area contributed by atoms with E-state index in [4.69, 9.17) is 20.6 Å².